The minimum Gasteiger partial charge on any atom is -0.497 e. The van der Waals surface area contributed by atoms with E-state index >= 15 is 0 Å². The second-order valence-corrected chi connectivity index (χ2v) is 4.40. The summed E-state index contributed by atoms with van der Waals surface area (Å²) in [6.45, 7) is 3.39. The van der Waals surface area contributed by atoms with Crippen LogP contribution in [0, 0.1) is 5.92 Å². The van der Waals surface area contributed by atoms with Crippen LogP contribution in [0.2, 0.25) is 0 Å². The van der Waals surface area contributed by atoms with Crippen molar-refractivity contribution >= 4 is 12.0 Å². The van der Waals surface area contributed by atoms with Gasteiger partial charge in [0.15, 0.2) is 0 Å². The summed E-state index contributed by atoms with van der Waals surface area (Å²) in [5.41, 5.74) is 0.972. The zero-order chi connectivity index (χ0) is 14.3. The molecule has 0 saturated carbocycles. The Balaban J connectivity index is 2.51. The van der Waals surface area contributed by atoms with Gasteiger partial charge in [-0.1, -0.05) is 31.2 Å². The van der Waals surface area contributed by atoms with E-state index in [1.165, 1.54) is 6.92 Å². The lowest BCUT2D eigenvalue weighted by atomic mass is 10.0. The lowest BCUT2D eigenvalue weighted by Gasteiger charge is -2.14. The van der Waals surface area contributed by atoms with Gasteiger partial charge in [0.1, 0.15) is 5.75 Å². The second-order valence-electron chi connectivity index (χ2n) is 4.40. The van der Waals surface area contributed by atoms with Gasteiger partial charge >= 0.3 is 5.97 Å². The van der Waals surface area contributed by atoms with Gasteiger partial charge in [0.2, 0.25) is 0 Å². The van der Waals surface area contributed by atoms with Crippen molar-refractivity contribution in [3.63, 3.8) is 0 Å². The predicted octanol–water partition coefficient (Wildman–Crippen LogP) is 2.27. The molecule has 0 radical (unpaired) electrons. The van der Waals surface area contributed by atoms with Gasteiger partial charge in [-0.2, -0.15) is 0 Å². The van der Waals surface area contributed by atoms with Gasteiger partial charge in [-0.05, 0) is 17.7 Å². The number of carbonyl (C=O) groups is 1. The molecule has 104 valence electrons. The maximum atomic E-state index is 10.7. The Morgan fingerprint density at radius 1 is 1.37 bits per heavy atom. The minimum atomic E-state index is -0.651. The molecule has 0 bridgehead atoms. The fourth-order valence-electron chi connectivity index (χ4n) is 1.46. The summed E-state index contributed by atoms with van der Waals surface area (Å²) >= 11 is 0. The van der Waals surface area contributed by atoms with E-state index in [0.29, 0.717) is 0 Å². The topological polar surface area (TPSA) is 55.8 Å². The van der Waals surface area contributed by atoms with Crippen molar-refractivity contribution < 1.29 is 19.4 Å². The average molecular weight is 264 g/mol. The van der Waals surface area contributed by atoms with Crippen LogP contribution in [0.3, 0.4) is 0 Å². The molecule has 0 amide bonds. The van der Waals surface area contributed by atoms with E-state index in [4.69, 9.17) is 9.47 Å². The molecule has 0 unspecified atom stereocenters. The molecule has 1 aromatic rings. The van der Waals surface area contributed by atoms with Crippen LogP contribution in [0.25, 0.3) is 6.08 Å². The maximum absolute atomic E-state index is 10.7. The Hall–Kier alpha value is -1.81. The normalized spacial score (nSPS) is 14.1. The van der Waals surface area contributed by atoms with Crippen LogP contribution < -0.4 is 4.74 Å². The Morgan fingerprint density at radius 2 is 2.00 bits per heavy atom. The first-order chi connectivity index (χ1) is 9.02. The Kier molecular flexibility index (Phi) is 6.09. The summed E-state index contributed by atoms with van der Waals surface area (Å²) in [5, 5.41) is 9.89. The third-order valence-corrected chi connectivity index (χ3v) is 2.73. The summed E-state index contributed by atoms with van der Waals surface area (Å²) < 4.78 is 9.92. The molecule has 0 spiro atoms. The van der Waals surface area contributed by atoms with Gasteiger partial charge in [0.25, 0.3) is 0 Å². The third-order valence-electron chi connectivity index (χ3n) is 2.73. The number of aliphatic hydroxyl groups is 1. The molecule has 2 atom stereocenters. The van der Waals surface area contributed by atoms with Crippen LogP contribution in [0.5, 0.6) is 5.75 Å². The van der Waals surface area contributed by atoms with Crippen molar-refractivity contribution in [1.29, 1.82) is 0 Å². The lowest BCUT2D eigenvalue weighted by Crippen LogP contribution is -2.21. The molecule has 0 aliphatic rings. The third kappa shape index (κ3) is 5.57. The van der Waals surface area contributed by atoms with Crippen LogP contribution >= 0.6 is 0 Å². The van der Waals surface area contributed by atoms with E-state index in [1.54, 1.807) is 13.2 Å². The quantitative estimate of drug-likeness (QED) is 0.801. The number of benzene rings is 1. The van der Waals surface area contributed by atoms with Gasteiger partial charge in [0.05, 0.1) is 19.8 Å². The summed E-state index contributed by atoms with van der Waals surface area (Å²) in [6, 6.07) is 7.51. The first-order valence-electron chi connectivity index (χ1n) is 6.16. The number of carbonyl (C=O) groups excluding carboxylic acids is 1. The molecule has 0 aromatic heterocycles. The van der Waals surface area contributed by atoms with Crippen molar-refractivity contribution in [3.8, 4) is 5.75 Å². The standard InChI is InChI=1S/C15H20O4/c1-11(10-19-12(2)16)15(17)9-6-13-4-7-14(18-3)8-5-13/h4-9,11,15,17H,10H2,1-3H3/b9-6+/t11-,15-/m0/s1. The highest BCUT2D eigenvalue weighted by Gasteiger charge is 2.12. The molecule has 0 saturated heterocycles. The second kappa shape index (κ2) is 7.59. The van der Waals surface area contributed by atoms with Crippen LogP contribution in [0.1, 0.15) is 19.4 Å². The highest BCUT2D eigenvalue weighted by Crippen LogP contribution is 2.13. The zero-order valence-corrected chi connectivity index (χ0v) is 11.5. The highest BCUT2D eigenvalue weighted by molar-refractivity contribution is 5.65. The van der Waals surface area contributed by atoms with Gasteiger partial charge in [-0.25, -0.2) is 0 Å². The summed E-state index contributed by atoms with van der Waals surface area (Å²) in [6.07, 6.45) is 2.87. The molecule has 19 heavy (non-hydrogen) atoms. The van der Waals surface area contributed by atoms with Crippen LogP contribution in [-0.4, -0.2) is 30.9 Å². The van der Waals surface area contributed by atoms with Crippen molar-refractivity contribution in [2.24, 2.45) is 5.92 Å². The summed E-state index contributed by atoms with van der Waals surface area (Å²) in [5.74, 6) is 0.317. The summed E-state index contributed by atoms with van der Waals surface area (Å²) in [7, 11) is 1.62. The molecular weight excluding hydrogens is 244 g/mol. The number of aliphatic hydroxyl groups excluding tert-OH is 1. The van der Waals surface area contributed by atoms with E-state index in [0.717, 1.165) is 11.3 Å². The number of hydrogen-bond acceptors (Lipinski definition) is 4. The first-order valence-corrected chi connectivity index (χ1v) is 6.16. The Labute approximate surface area is 113 Å². The molecule has 1 N–H and O–H groups in total. The fraction of sp³-hybridized carbons (Fsp3) is 0.400. The van der Waals surface area contributed by atoms with Gasteiger partial charge in [0, 0.05) is 12.8 Å². The predicted molar refractivity (Wildman–Crippen MR) is 73.8 cm³/mol. The maximum Gasteiger partial charge on any atom is 0.302 e. The lowest BCUT2D eigenvalue weighted by molar-refractivity contribution is -0.142. The molecule has 0 aliphatic heterocycles. The fourth-order valence-corrected chi connectivity index (χ4v) is 1.46. The monoisotopic (exact) mass is 264 g/mol. The molecule has 0 aliphatic carbocycles. The molecular formula is C15H20O4. The number of methoxy groups -OCH3 is 1. The average Bonchev–Trinajstić information content (AvgIpc) is 2.42. The van der Waals surface area contributed by atoms with E-state index in [2.05, 4.69) is 0 Å². The SMILES string of the molecule is COc1ccc(/C=C/[C@H](O)[C@@H](C)COC(C)=O)cc1. The Morgan fingerprint density at radius 3 is 2.53 bits per heavy atom. The highest BCUT2D eigenvalue weighted by atomic mass is 16.5. The van der Waals surface area contributed by atoms with Crippen LogP contribution in [0.4, 0.5) is 0 Å². The first kappa shape index (κ1) is 15.2. The van der Waals surface area contributed by atoms with Crippen molar-refractivity contribution in [2.45, 2.75) is 20.0 Å². The molecule has 1 aromatic carbocycles. The van der Waals surface area contributed by atoms with Crippen molar-refractivity contribution in [2.75, 3.05) is 13.7 Å². The van der Waals surface area contributed by atoms with E-state index in [9.17, 15) is 9.90 Å². The Bertz CT molecular complexity index is 422. The van der Waals surface area contributed by atoms with Crippen LogP contribution in [0.15, 0.2) is 30.3 Å². The van der Waals surface area contributed by atoms with E-state index in [1.807, 2.05) is 37.3 Å². The minimum absolute atomic E-state index is 0.140. The number of ether oxygens (including phenoxy) is 2. The number of hydrogen-bond donors (Lipinski definition) is 1. The molecule has 4 heteroatoms. The van der Waals surface area contributed by atoms with Crippen LogP contribution in [-0.2, 0) is 9.53 Å². The van der Waals surface area contributed by atoms with Gasteiger partial charge in [-0.15, -0.1) is 0 Å². The van der Waals surface area contributed by atoms with E-state index < -0.39 is 6.10 Å². The zero-order valence-electron chi connectivity index (χ0n) is 11.5. The molecule has 4 nitrogen and oxygen atoms in total. The van der Waals surface area contributed by atoms with Crippen molar-refractivity contribution in [3.05, 3.63) is 35.9 Å². The molecule has 1 rings (SSSR count). The smallest absolute Gasteiger partial charge is 0.302 e. The van der Waals surface area contributed by atoms with Gasteiger partial charge in [-0.3, -0.25) is 4.79 Å². The molecule has 0 heterocycles. The molecule has 0 fully saturated rings. The number of esters is 1. The number of rotatable bonds is 6. The van der Waals surface area contributed by atoms with Crippen molar-refractivity contribution in [1.82, 2.24) is 0 Å². The summed E-state index contributed by atoms with van der Waals surface area (Å²) in [4.78, 5) is 10.7. The largest absolute Gasteiger partial charge is 0.497 e. The van der Waals surface area contributed by atoms with Gasteiger partial charge < -0.3 is 14.6 Å². The van der Waals surface area contributed by atoms with E-state index in [-0.39, 0.29) is 18.5 Å².